The van der Waals surface area contributed by atoms with E-state index < -0.39 is 33.2 Å². The van der Waals surface area contributed by atoms with Gasteiger partial charge in [0.1, 0.15) is 5.75 Å². The predicted molar refractivity (Wildman–Crippen MR) is 63.0 cm³/mol. The third-order valence-corrected chi connectivity index (χ3v) is 4.07. The van der Waals surface area contributed by atoms with E-state index in [0.29, 0.717) is 0 Å². The number of hydrogen-bond donors (Lipinski definition) is 2. The van der Waals surface area contributed by atoms with Gasteiger partial charge < -0.3 is 11.5 Å². The average molecular weight is 267 g/mol. The van der Waals surface area contributed by atoms with E-state index in [4.69, 9.17) is 11.5 Å². The molecule has 2 rings (SSSR count). The molecule has 1 aromatic carbocycles. The highest BCUT2D eigenvalue weighted by molar-refractivity contribution is 7.92. The number of guanidine groups is 1. The molecule has 0 spiro atoms. The van der Waals surface area contributed by atoms with Crippen LogP contribution < -0.4 is 11.5 Å². The molecule has 1 aromatic rings. The normalized spacial score (nSPS) is 16.1. The Kier molecular flexibility index (Phi) is 2.66. The summed E-state index contributed by atoms with van der Waals surface area (Å²) in [6.07, 6.45) is 0. The smallest absolute Gasteiger partial charge is 0.280 e. The average Bonchev–Trinajstić information content (AvgIpc) is 2.48. The van der Waals surface area contributed by atoms with E-state index in [0.717, 1.165) is 6.07 Å². The Morgan fingerprint density at radius 2 is 1.94 bits per heavy atom. The minimum absolute atomic E-state index is 0.0143. The zero-order valence-corrected chi connectivity index (χ0v) is 9.90. The van der Waals surface area contributed by atoms with E-state index in [1.54, 1.807) is 0 Å². The molecular formula is C10H9N3O4S. The van der Waals surface area contributed by atoms with Gasteiger partial charge in [0.15, 0.2) is 21.6 Å². The number of Topliss-reactive ketones (excluding diaryl/α,β-unsaturated/α-hetero) is 1. The number of nitrogens with zero attached hydrogens (tertiary/aromatic N) is 1. The van der Waals surface area contributed by atoms with Gasteiger partial charge in [-0.25, -0.2) is 8.42 Å². The third-order valence-electron chi connectivity index (χ3n) is 2.42. The predicted octanol–water partition coefficient (Wildman–Crippen LogP) is -0.930. The first-order valence-electron chi connectivity index (χ1n) is 4.85. The summed E-state index contributed by atoms with van der Waals surface area (Å²) >= 11 is 0. The first kappa shape index (κ1) is 12.2. The fraction of sp³-hybridized carbons (Fsp3) is 0.100. The monoisotopic (exact) mass is 267 g/mol. The summed E-state index contributed by atoms with van der Waals surface area (Å²) in [4.78, 5) is 26.1. The second-order valence-electron chi connectivity index (χ2n) is 3.74. The minimum atomic E-state index is -3.65. The maximum Gasteiger partial charge on any atom is 0.280 e. The summed E-state index contributed by atoms with van der Waals surface area (Å²) in [7, 11) is -3.65. The van der Waals surface area contributed by atoms with E-state index >= 15 is 0 Å². The highest BCUT2D eigenvalue weighted by Crippen LogP contribution is 2.26. The maximum atomic E-state index is 11.6. The zero-order chi connectivity index (χ0) is 13.5. The molecule has 1 amide bonds. The minimum Gasteiger partial charge on any atom is -0.370 e. The number of aliphatic imine (C=N–C) groups is 1. The molecule has 7 nitrogen and oxygen atoms in total. The second kappa shape index (κ2) is 3.91. The number of sulfone groups is 1. The van der Waals surface area contributed by atoms with Crippen LogP contribution in [0, 0.1) is 0 Å². The second-order valence-corrected chi connectivity index (χ2v) is 5.69. The molecule has 94 valence electrons. The summed E-state index contributed by atoms with van der Waals surface area (Å²) in [5.41, 5.74) is 10.2. The Labute approximate surface area is 102 Å². The molecule has 0 radical (unpaired) electrons. The van der Waals surface area contributed by atoms with Gasteiger partial charge in [-0.3, -0.25) is 9.59 Å². The van der Waals surface area contributed by atoms with Crippen molar-refractivity contribution in [2.45, 2.75) is 4.90 Å². The molecule has 0 atom stereocenters. The first-order valence-corrected chi connectivity index (χ1v) is 6.50. The van der Waals surface area contributed by atoms with Crippen LogP contribution in [0.15, 0.2) is 28.1 Å². The van der Waals surface area contributed by atoms with Gasteiger partial charge in [-0.15, -0.1) is 0 Å². The fourth-order valence-corrected chi connectivity index (χ4v) is 3.13. The number of benzene rings is 1. The van der Waals surface area contributed by atoms with E-state index in [2.05, 4.69) is 4.99 Å². The lowest BCUT2D eigenvalue weighted by atomic mass is 10.1. The van der Waals surface area contributed by atoms with Gasteiger partial charge in [-0.05, 0) is 18.2 Å². The van der Waals surface area contributed by atoms with Gasteiger partial charge in [-0.1, -0.05) is 0 Å². The third kappa shape index (κ3) is 1.97. The van der Waals surface area contributed by atoms with Crippen molar-refractivity contribution >= 4 is 27.5 Å². The summed E-state index contributed by atoms with van der Waals surface area (Å²) in [5.74, 6) is -2.22. The van der Waals surface area contributed by atoms with Crippen molar-refractivity contribution in [2.75, 3.05) is 5.75 Å². The Bertz CT molecular complexity index is 687. The Morgan fingerprint density at radius 1 is 1.28 bits per heavy atom. The molecule has 1 aliphatic heterocycles. The van der Waals surface area contributed by atoms with Crippen LogP contribution in [0.2, 0.25) is 0 Å². The molecule has 8 heteroatoms. The standard InChI is InChI=1S/C10H9N3O4S/c11-10(12)13-9(15)5-1-2-6-7(14)4-18(16,17)8(6)3-5/h1-3H,4H2,(H4,11,12,13,15). The molecule has 4 N–H and O–H groups in total. The van der Waals surface area contributed by atoms with Gasteiger partial charge >= 0.3 is 0 Å². The number of hydrogen-bond acceptors (Lipinski definition) is 4. The number of carbonyl (C=O) groups is 2. The van der Waals surface area contributed by atoms with Crippen LogP contribution in [-0.4, -0.2) is 31.8 Å². The van der Waals surface area contributed by atoms with Crippen LogP contribution in [0.5, 0.6) is 0 Å². The van der Waals surface area contributed by atoms with Gasteiger partial charge in [0.25, 0.3) is 5.91 Å². The van der Waals surface area contributed by atoms with Crippen LogP contribution in [0.25, 0.3) is 0 Å². The summed E-state index contributed by atoms with van der Waals surface area (Å²) < 4.78 is 23.3. The van der Waals surface area contributed by atoms with Crippen molar-refractivity contribution in [3.63, 3.8) is 0 Å². The van der Waals surface area contributed by atoms with Crippen molar-refractivity contribution in [3.8, 4) is 0 Å². The van der Waals surface area contributed by atoms with Crippen molar-refractivity contribution < 1.29 is 18.0 Å². The lowest BCUT2D eigenvalue weighted by molar-refractivity contribution is 0.0996. The number of rotatable bonds is 1. The highest BCUT2D eigenvalue weighted by Gasteiger charge is 2.33. The summed E-state index contributed by atoms with van der Waals surface area (Å²) in [6.45, 7) is 0. The molecule has 0 aromatic heterocycles. The number of amides is 1. The van der Waals surface area contributed by atoms with Crippen LogP contribution in [0.3, 0.4) is 0 Å². The molecule has 1 heterocycles. The number of nitrogens with two attached hydrogens (primary N) is 2. The van der Waals surface area contributed by atoms with Crippen molar-refractivity contribution in [1.29, 1.82) is 0 Å². The molecule has 0 aliphatic carbocycles. The molecule has 0 bridgehead atoms. The Hall–Kier alpha value is -2.22. The lowest BCUT2D eigenvalue weighted by Gasteiger charge is -2.00. The molecule has 0 fully saturated rings. The molecule has 0 saturated heterocycles. The molecule has 1 aliphatic rings. The van der Waals surface area contributed by atoms with Gasteiger partial charge in [-0.2, -0.15) is 4.99 Å². The lowest BCUT2D eigenvalue weighted by Crippen LogP contribution is -2.24. The molecular weight excluding hydrogens is 258 g/mol. The quantitative estimate of drug-likeness (QED) is 0.499. The van der Waals surface area contributed by atoms with Crippen LogP contribution in [0.4, 0.5) is 0 Å². The zero-order valence-electron chi connectivity index (χ0n) is 9.08. The van der Waals surface area contributed by atoms with Crippen molar-refractivity contribution in [1.82, 2.24) is 0 Å². The van der Waals surface area contributed by atoms with Gasteiger partial charge in [0, 0.05) is 11.1 Å². The number of fused-ring (bicyclic) bond motifs is 1. The van der Waals surface area contributed by atoms with Crippen molar-refractivity contribution in [2.24, 2.45) is 16.5 Å². The van der Waals surface area contributed by atoms with Crippen LogP contribution in [0.1, 0.15) is 20.7 Å². The summed E-state index contributed by atoms with van der Waals surface area (Å²) in [5, 5.41) is 0. The van der Waals surface area contributed by atoms with E-state index in [9.17, 15) is 18.0 Å². The molecule has 18 heavy (non-hydrogen) atoms. The molecule has 0 unspecified atom stereocenters. The topological polar surface area (TPSA) is 133 Å². The largest absolute Gasteiger partial charge is 0.370 e. The summed E-state index contributed by atoms with van der Waals surface area (Å²) in [6, 6.07) is 3.72. The Balaban J connectivity index is 2.56. The van der Waals surface area contributed by atoms with E-state index in [-0.39, 0.29) is 16.0 Å². The van der Waals surface area contributed by atoms with Gasteiger partial charge in [0.2, 0.25) is 0 Å². The highest BCUT2D eigenvalue weighted by atomic mass is 32.2. The van der Waals surface area contributed by atoms with Crippen LogP contribution in [-0.2, 0) is 9.84 Å². The Morgan fingerprint density at radius 3 is 2.56 bits per heavy atom. The van der Waals surface area contributed by atoms with Crippen LogP contribution >= 0.6 is 0 Å². The molecule has 0 saturated carbocycles. The maximum absolute atomic E-state index is 11.6. The van der Waals surface area contributed by atoms with E-state index in [1.807, 2.05) is 0 Å². The van der Waals surface area contributed by atoms with Crippen molar-refractivity contribution in [3.05, 3.63) is 29.3 Å². The van der Waals surface area contributed by atoms with E-state index in [1.165, 1.54) is 12.1 Å². The number of ketones is 1. The SMILES string of the molecule is NC(N)=NC(=O)c1ccc2c(c1)S(=O)(=O)CC2=O. The fourth-order valence-electron chi connectivity index (χ4n) is 1.65. The van der Waals surface area contributed by atoms with Gasteiger partial charge in [0.05, 0.1) is 4.90 Å². The first-order chi connectivity index (χ1) is 8.31. The number of carbonyl (C=O) groups excluding carboxylic acids is 2.